The highest BCUT2D eigenvalue weighted by Crippen LogP contribution is 2.16. The predicted molar refractivity (Wildman–Crippen MR) is 102 cm³/mol. The number of nitrogens with zero attached hydrogens (tertiary/aromatic N) is 3. The second-order valence-corrected chi connectivity index (χ2v) is 7.77. The molecule has 6 heteroatoms. The third kappa shape index (κ3) is 4.64. The molecule has 0 unspecified atom stereocenters. The summed E-state index contributed by atoms with van der Waals surface area (Å²) in [5.41, 5.74) is 2.85. The van der Waals surface area contributed by atoms with Crippen LogP contribution in [0.25, 0.3) is 0 Å². The molecule has 25 heavy (non-hydrogen) atoms. The number of hydrogen-bond acceptors (Lipinski definition) is 4. The molecule has 1 aliphatic rings. The number of rotatable bonds is 6. The van der Waals surface area contributed by atoms with Gasteiger partial charge in [0.2, 0.25) is 0 Å². The summed E-state index contributed by atoms with van der Waals surface area (Å²) in [5.74, 6) is 0.616. The Kier molecular flexibility index (Phi) is 5.81. The van der Waals surface area contributed by atoms with Crippen LogP contribution in [0.4, 0.5) is 0 Å². The maximum absolute atomic E-state index is 12.3. The molecular weight excluding hydrogens is 332 g/mol. The van der Waals surface area contributed by atoms with Gasteiger partial charge in [-0.1, -0.05) is 13.8 Å². The van der Waals surface area contributed by atoms with E-state index in [0.717, 1.165) is 36.8 Å². The molecule has 0 aliphatic carbocycles. The molecule has 1 aliphatic heterocycles. The van der Waals surface area contributed by atoms with Crippen LogP contribution in [0.15, 0.2) is 35.2 Å². The van der Waals surface area contributed by atoms with Gasteiger partial charge >= 0.3 is 0 Å². The molecule has 1 aromatic heterocycles. The number of fused-ring (bicyclic) bond motifs is 1. The van der Waals surface area contributed by atoms with Gasteiger partial charge in [-0.3, -0.25) is 14.4 Å². The molecule has 1 N–H and O–H groups in total. The first-order valence-electron chi connectivity index (χ1n) is 8.75. The molecule has 0 radical (unpaired) electrons. The lowest BCUT2D eigenvalue weighted by molar-refractivity contribution is 0.0950. The van der Waals surface area contributed by atoms with Crippen LogP contribution in [0.1, 0.15) is 35.6 Å². The Balaban J connectivity index is 1.57. The number of nitrogens with one attached hydrogen (secondary N) is 1. The predicted octanol–water partition coefficient (Wildman–Crippen LogP) is 3.01. The van der Waals surface area contributed by atoms with Crippen LogP contribution in [0.3, 0.4) is 0 Å². The van der Waals surface area contributed by atoms with Gasteiger partial charge in [0.05, 0.1) is 24.5 Å². The molecule has 3 rings (SSSR count). The van der Waals surface area contributed by atoms with E-state index >= 15 is 0 Å². The Morgan fingerprint density at radius 1 is 1.28 bits per heavy atom. The molecule has 5 nitrogen and oxygen atoms in total. The first-order chi connectivity index (χ1) is 12.0. The van der Waals surface area contributed by atoms with Crippen molar-refractivity contribution in [1.29, 1.82) is 0 Å². The van der Waals surface area contributed by atoms with Gasteiger partial charge in [0, 0.05) is 30.1 Å². The van der Waals surface area contributed by atoms with Crippen molar-refractivity contribution < 1.29 is 4.79 Å². The van der Waals surface area contributed by atoms with Gasteiger partial charge in [-0.25, -0.2) is 0 Å². The number of hydrogen-bond donors (Lipinski definition) is 1. The van der Waals surface area contributed by atoms with Gasteiger partial charge in [-0.2, -0.15) is 5.10 Å². The van der Waals surface area contributed by atoms with Crippen molar-refractivity contribution >= 4 is 17.7 Å². The highest BCUT2D eigenvalue weighted by atomic mass is 32.2. The molecule has 1 aromatic carbocycles. The van der Waals surface area contributed by atoms with E-state index in [1.807, 2.05) is 30.5 Å². The zero-order valence-corrected chi connectivity index (χ0v) is 16.0. The largest absolute Gasteiger partial charge is 0.346 e. The Hall–Kier alpha value is -1.79. The molecule has 0 saturated heterocycles. The Labute approximate surface area is 153 Å². The van der Waals surface area contributed by atoms with E-state index in [4.69, 9.17) is 0 Å². The average Bonchev–Trinajstić information content (AvgIpc) is 3.01. The first-order valence-corrected chi connectivity index (χ1v) is 9.98. The van der Waals surface area contributed by atoms with Gasteiger partial charge in [0.25, 0.3) is 5.91 Å². The summed E-state index contributed by atoms with van der Waals surface area (Å²) in [4.78, 5) is 15.9. The number of carbonyl (C=O) groups excluding carboxylic acids is 1. The molecule has 0 bridgehead atoms. The normalized spacial score (nSPS) is 14.6. The summed E-state index contributed by atoms with van der Waals surface area (Å²) in [5, 5.41) is 7.60. The monoisotopic (exact) mass is 358 g/mol. The smallest absolute Gasteiger partial charge is 0.251 e. The van der Waals surface area contributed by atoms with Gasteiger partial charge in [0.15, 0.2) is 0 Å². The number of amides is 1. The molecule has 2 aromatic rings. The zero-order valence-electron chi connectivity index (χ0n) is 15.2. The summed E-state index contributed by atoms with van der Waals surface area (Å²) < 4.78 is 2.07. The molecule has 0 fully saturated rings. The lowest BCUT2D eigenvalue weighted by Gasteiger charge is -2.28. The van der Waals surface area contributed by atoms with Gasteiger partial charge in [0.1, 0.15) is 0 Å². The van der Waals surface area contributed by atoms with Crippen LogP contribution in [0.5, 0.6) is 0 Å². The number of benzene rings is 1. The third-order valence-electron chi connectivity index (χ3n) is 4.33. The average molecular weight is 359 g/mol. The van der Waals surface area contributed by atoms with Crippen molar-refractivity contribution in [3.8, 4) is 0 Å². The van der Waals surface area contributed by atoms with Crippen molar-refractivity contribution in [3.05, 3.63) is 47.3 Å². The fraction of sp³-hybridized carbons (Fsp3) is 0.474. The number of thioether (sulfide) groups is 1. The molecule has 134 valence electrons. The fourth-order valence-corrected chi connectivity index (χ4v) is 3.56. The maximum atomic E-state index is 12.3. The van der Waals surface area contributed by atoms with Crippen LogP contribution in [0, 0.1) is 5.92 Å². The van der Waals surface area contributed by atoms with Crippen LogP contribution in [-0.2, 0) is 19.6 Å². The SMILES string of the molecule is CSc1ccc(C(=O)NCc2cc3n(n2)CCN(CC(C)C)C3)cc1. The van der Waals surface area contributed by atoms with Gasteiger partial charge in [-0.05, 0) is 42.5 Å². The fourth-order valence-electron chi connectivity index (χ4n) is 3.15. The van der Waals surface area contributed by atoms with Crippen molar-refractivity contribution in [3.63, 3.8) is 0 Å². The Morgan fingerprint density at radius 3 is 2.72 bits per heavy atom. The minimum absolute atomic E-state index is 0.0555. The molecule has 0 saturated carbocycles. The standard InChI is InChI=1S/C19H26N4OS/c1-14(2)12-22-8-9-23-17(13-22)10-16(21-23)11-20-19(24)15-4-6-18(25-3)7-5-15/h4-7,10,14H,8-9,11-13H2,1-3H3,(H,20,24). The molecule has 0 atom stereocenters. The van der Waals surface area contributed by atoms with E-state index in [1.54, 1.807) is 11.8 Å². The minimum Gasteiger partial charge on any atom is -0.346 e. The lowest BCUT2D eigenvalue weighted by Crippen LogP contribution is -2.36. The van der Waals surface area contributed by atoms with Crippen LogP contribution >= 0.6 is 11.8 Å². The van der Waals surface area contributed by atoms with Crippen LogP contribution in [-0.4, -0.2) is 39.9 Å². The zero-order chi connectivity index (χ0) is 17.8. The van der Waals surface area contributed by atoms with E-state index in [9.17, 15) is 4.79 Å². The summed E-state index contributed by atoms with van der Waals surface area (Å²) in [7, 11) is 0. The molecule has 2 heterocycles. The van der Waals surface area contributed by atoms with Gasteiger partial charge in [-0.15, -0.1) is 11.8 Å². The number of aromatic nitrogens is 2. The lowest BCUT2D eigenvalue weighted by atomic mass is 10.2. The van der Waals surface area contributed by atoms with Crippen LogP contribution in [0.2, 0.25) is 0 Å². The Bertz CT molecular complexity index is 724. The van der Waals surface area contributed by atoms with E-state index in [1.165, 1.54) is 5.69 Å². The minimum atomic E-state index is -0.0555. The summed E-state index contributed by atoms with van der Waals surface area (Å²) in [6, 6.07) is 9.78. The second kappa shape index (κ2) is 8.06. The second-order valence-electron chi connectivity index (χ2n) is 6.89. The highest BCUT2D eigenvalue weighted by molar-refractivity contribution is 7.98. The Morgan fingerprint density at radius 2 is 2.04 bits per heavy atom. The van der Waals surface area contributed by atoms with Crippen molar-refractivity contribution in [2.75, 3.05) is 19.3 Å². The van der Waals surface area contributed by atoms with Gasteiger partial charge < -0.3 is 5.32 Å². The van der Waals surface area contributed by atoms with Crippen molar-refractivity contribution in [1.82, 2.24) is 20.0 Å². The van der Waals surface area contributed by atoms with E-state index in [-0.39, 0.29) is 5.91 Å². The summed E-state index contributed by atoms with van der Waals surface area (Å²) >= 11 is 1.67. The van der Waals surface area contributed by atoms with Crippen molar-refractivity contribution in [2.24, 2.45) is 5.92 Å². The van der Waals surface area contributed by atoms with Crippen molar-refractivity contribution in [2.45, 2.75) is 38.4 Å². The summed E-state index contributed by atoms with van der Waals surface area (Å²) in [6.45, 7) is 8.98. The quantitative estimate of drug-likeness (QED) is 0.807. The maximum Gasteiger partial charge on any atom is 0.251 e. The highest BCUT2D eigenvalue weighted by Gasteiger charge is 2.19. The van der Waals surface area contributed by atoms with E-state index in [0.29, 0.717) is 18.0 Å². The first kappa shape index (κ1) is 18.0. The van der Waals surface area contributed by atoms with Crippen LogP contribution < -0.4 is 5.32 Å². The molecule has 1 amide bonds. The van der Waals surface area contributed by atoms with E-state index in [2.05, 4.69) is 39.9 Å². The molecular formula is C19H26N4OS. The third-order valence-corrected chi connectivity index (χ3v) is 5.08. The topological polar surface area (TPSA) is 50.2 Å². The number of carbonyl (C=O) groups is 1. The van der Waals surface area contributed by atoms with E-state index < -0.39 is 0 Å². The summed E-state index contributed by atoms with van der Waals surface area (Å²) in [6.07, 6.45) is 2.03. The molecule has 0 spiro atoms.